The Labute approximate surface area is 330 Å². The van der Waals surface area contributed by atoms with Crippen molar-refractivity contribution in [2.24, 2.45) is 0 Å². The molecule has 0 bridgehead atoms. The Morgan fingerprint density at radius 1 is 0.643 bits per heavy atom. The fraction of sp³-hybridized carbons (Fsp3) is 0.154. The number of furan rings is 1. The van der Waals surface area contributed by atoms with E-state index < -0.39 is 0 Å². The van der Waals surface area contributed by atoms with Crippen LogP contribution in [0.3, 0.4) is 0 Å². The first-order valence-electron chi connectivity index (χ1n) is 19.9. The van der Waals surface area contributed by atoms with Crippen LogP contribution in [-0.4, -0.2) is 9.97 Å². The van der Waals surface area contributed by atoms with Gasteiger partial charge in [0.25, 0.3) is 0 Å². The van der Waals surface area contributed by atoms with E-state index >= 15 is 0 Å². The van der Waals surface area contributed by atoms with Crippen molar-refractivity contribution in [2.75, 3.05) is 0 Å². The summed E-state index contributed by atoms with van der Waals surface area (Å²) < 4.78 is 8.60. The molecule has 3 nitrogen and oxygen atoms in total. The second-order valence-corrected chi connectivity index (χ2v) is 16.6. The minimum Gasteiger partial charge on any atom is -0.456 e. The minimum absolute atomic E-state index is 0.188. The van der Waals surface area contributed by atoms with E-state index in [4.69, 9.17) is 14.4 Å². The second kappa shape index (κ2) is 13.0. The van der Waals surface area contributed by atoms with Crippen molar-refractivity contribution in [1.29, 1.82) is 0 Å². The molecule has 0 N–H and O–H groups in total. The molecule has 11 rings (SSSR count). The molecule has 1 saturated carbocycles. The Kier molecular flexibility index (Phi) is 7.72. The molecule has 1 spiro atoms. The van der Waals surface area contributed by atoms with Crippen LogP contribution in [0.25, 0.3) is 87.2 Å². The first-order valence-corrected chi connectivity index (χ1v) is 20.7. The number of allylic oxidation sites excluding steroid dienone is 4. The Hall–Kier alpha value is -6.10. The molecule has 56 heavy (non-hydrogen) atoms. The normalized spacial score (nSPS) is 15.5. The summed E-state index contributed by atoms with van der Waals surface area (Å²) in [6.45, 7) is 4.60. The number of para-hydroxylation sites is 1. The van der Waals surface area contributed by atoms with E-state index in [9.17, 15) is 0 Å². The van der Waals surface area contributed by atoms with Crippen molar-refractivity contribution in [3.05, 3.63) is 168 Å². The summed E-state index contributed by atoms with van der Waals surface area (Å²) in [6.07, 6.45) is 8.80. The third kappa shape index (κ3) is 5.09. The van der Waals surface area contributed by atoms with E-state index in [1.165, 1.54) is 75.8 Å². The first kappa shape index (κ1) is 33.3. The maximum atomic E-state index is 6.31. The maximum Gasteiger partial charge on any atom is 0.160 e. The standard InChI is InChI=1S/C52H40N2OS/c1-3-38(47-32(2)52(29-11-4-12-30-52)43-16-8-5-14-41(43)47)35-23-19-33(20-24-35)34-21-25-36(26-22-34)51-53-48(50-49(54-51)42-15-7-10-18-46(42)56-50)37-27-28-40-39-13-6-9-17-44(39)55-45(40)31-37/h3,5-10,13-28,31H,4,11-12,29-30H2,1-2H3/b38-3-. The number of hydrogen-bond acceptors (Lipinski definition) is 4. The fourth-order valence-corrected chi connectivity index (χ4v) is 11.0. The molecule has 0 radical (unpaired) electrons. The van der Waals surface area contributed by atoms with Crippen LogP contribution < -0.4 is 0 Å². The molecule has 0 unspecified atom stereocenters. The average Bonchev–Trinajstić information content (AvgIpc) is 3.90. The van der Waals surface area contributed by atoms with Crippen molar-refractivity contribution in [2.45, 2.75) is 51.4 Å². The number of benzene rings is 6. The highest BCUT2D eigenvalue weighted by molar-refractivity contribution is 7.26. The maximum absolute atomic E-state index is 6.31. The molecule has 3 aromatic heterocycles. The highest BCUT2D eigenvalue weighted by Crippen LogP contribution is 2.56. The molecule has 270 valence electrons. The highest BCUT2D eigenvalue weighted by Gasteiger charge is 2.44. The molecule has 0 saturated heterocycles. The lowest BCUT2D eigenvalue weighted by molar-refractivity contribution is 0.345. The van der Waals surface area contributed by atoms with Gasteiger partial charge < -0.3 is 4.42 Å². The molecule has 0 amide bonds. The van der Waals surface area contributed by atoms with Gasteiger partial charge in [-0.05, 0) is 89.9 Å². The zero-order chi connectivity index (χ0) is 37.4. The van der Waals surface area contributed by atoms with E-state index in [-0.39, 0.29) is 5.41 Å². The molecule has 3 heterocycles. The molecule has 4 heteroatoms. The summed E-state index contributed by atoms with van der Waals surface area (Å²) in [4.78, 5) is 10.5. The number of fused-ring (bicyclic) bond motifs is 8. The molecular weight excluding hydrogens is 701 g/mol. The quantitative estimate of drug-likeness (QED) is 0.176. The number of thiophene rings is 1. The molecule has 2 aliphatic carbocycles. The minimum atomic E-state index is 0.188. The molecule has 0 atom stereocenters. The number of aromatic nitrogens is 2. The Morgan fingerprint density at radius 2 is 1.30 bits per heavy atom. The third-order valence-corrected chi connectivity index (χ3v) is 13.8. The van der Waals surface area contributed by atoms with Crippen molar-refractivity contribution in [3.63, 3.8) is 0 Å². The Balaban J connectivity index is 0.945. The molecule has 1 fully saturated rings. The predicted molar refractivity (Wildman–Crippen MR) is 236 cm³/mol. The third-order valence-electron chi connectivity index (χ3n) is 12.6. The zero-order valence-corrected chi connectivity index (χ0v) is 32.4. The van der Waals surface area contributed by atoms with Crippen LogP contribution in [0.5, 0.6) is 0 Å². The van der Waals surface area contributed by atoms with E-state index in [0.29, 0.717) is 0 Å². The smallest absolute Gasteiger partial charge is 0.160 e. The molecule has 2 aliphatic rings. The van der Waals surface area contributed by atoms with Crippen molar-refractivity contribution in [3.8, 4) is 33.8 Å². The van der Waals surface area contributed by atoms with Crippen molar-refractivity contribution in [1.82, 2.24) is 9.97 Å². The van der Waals surface area contributed by atoms with Gasteiger partial charge in [-0.25, -0.2) is 9.97 Å². The summed E-state index contributed by atoms with van der Waals surface area (Å²) in [7, 11) is 0. The van der Waals surface area contributed by atoms with Crippen LogP contribution in [0.1, 0.15) is 62.6 Å². The summed E-state index contributed by atoms with van der Waals surface area (Å²) in [5.41, 5.74) is 16.8. The Bertz CT molecular complexity index is 3060. The van der Waals surface area contributed by atoms with E-state index in [2.05, 4.69) is 147 Å². The van der Waals surface area contributed by atoms with Crippen LogP contribution in [0, 0.1) is 0 Å². The lowest BCUT2D eigenvalue weighted by Gasteiger charge is -2.36. The van der Waals surface area contributed by atoms with Gasteiger partial charge in [-0.1, -0.05) is 146 Å². The van der Waals surface area contributed by atoms with E-state index in [1.807, 2.05) is 12.1 Å². The van der Waals surface area contributed by atoms with Gasteiger partial charge in [0.05, 0.1) is 15.9 Å². The summed E-state index contributed by atoms with van der Waals surface area (Å²) in [5, 5.41) is 3.39. The Morgan fingerprint density at radius 3 is 2.11 bits per heavy atom. The van der Waals surface area contributed by atoms with Crippen LogP contribution in [-0.2, 0) is 5.41 Å². The van der Waals surface area contributed by atoms with Gasteiger partial charge in [0.2, 0.25) is 0 Å². The van der Waals surface area contributed by atoms with Gasteiger partial charge in [-0.15, -0.1) is 11.3 Å². The predicted octanol–water partition coefficient (Wildman–Crippen LogP) is 14.8. The van der Waals surface area contributed by atoms with Crippen LogP contribution in [0.4, 0.5) is 0 Å². The van der Waals surface area contributed by atoms with Gasteiger partial charge in [-0.2, -0.15) is 0 Å². The van der Waals surface area contributed by atoms with Crippen LogP contribution in [0.2, 0.25) is 0 Å². The van der Waals surface area contributed by atoms with Gasteiger partial charge in [0.15, 0.2) is 5.82 Å². The van der Waals surface area contributed by atoms with E-state index in [1.54, 1.807) is 16.9 Å². The van der Waals surface area contributed by atoms with Gasteiger partial charge in [0, 0.05) is 37.4 Å². The SMILES string of the molecule is C/C=C(\C1=C(C)C2(CCCCC2)c2ccccc21)c1ccc(-c2ccc(-c3nc(-c4ccc5c(c4)oc4ccccc45)c4sc5ccccc5c4n3)cc2)cc1. The summed E-state index contributed by atoms with van der Waals surface area (Å²) in [5.74, 6) is 0.719. The topological polar surface area (TPSA) is 38.9 Å². The first-order chi connectivity index (χ1) is 27.6. The largest absolute Gasteiger partial charge is 0.456 e. The van der Waals surface area contributed by atoms with Gasteiger partial charge >= 0.3 is 0 Å². The number of hydrogen-bond donors (Lipinski definition) is 0. The van der Waals surface area contributed by atoms with Crippen LogP contribution in [0.15, 0.2) is 156 Å². The van der Waals surface area contributed by atoms with Crippen molar-refractivity contribution < 1.29 is 4.42 Å². The molecule has 9 aromatic rings. The monoisotopic (exact) mass is 740 g/mol. The highest BCUT2D eigenvalue weighted by atomic mass is 32.1. The average molecular weight is 741 g/mol. The fourth-order valence-electron chi connectivity index (χ4n) is 9.81. The van der Waals surface area contributed by atoms with E-state index in [0.717, 1.165) is 60.2 Å². The summed E-state index contributed by atoms with van der Waals surface area (Å²) in [6, 6.07) is 50.3. The van der Waals surface area contributed by atoms with Crippen LogP contribution >= 0.6 is 11.3 Å². The number of nitrogens with zero attached hydrogens (tertiary/aromatic N) is 2. The molecule has 0 aliphatic heterocycles. The van der Waals surface area contributed by atoms with Crippen molar-refractivity contribution >= 4 is 64.7 Å². The molecule has 6 aromatic carbocycles. The lowest BCUT2D eigenvalue weighted by Crippen LogP contribution is -2.28. The van der Waals surface area contributed by atoms with Gasteiger partial charge in [-0.3, -0.25) is 0 Å². The summed E-state index contributed by atoms with van der Waals surface area (Å²) >= 11 is 1.75. The second-order valence-electron chi connectivity index (χ2n) is 15.5. The zero-order valence-electron chi connectivity index (χ0n) is 31.6. The molecular formula is C52H40N2OS. The van der Waals surface area contributed by atoms with Gasteiger partial charge in [0.1, 0.15) is 11.2 Å². The number of rotatable bonds is 5. The lowest BCUT2D eigenvalue weighted by atomic mass is 9.67.